The molecule has 0 aliphatic heterocycles. The molecule has 0 saturated heterocycles. The van der Waals surface area contributed by atoms with Crippen molar-refractivity contribution < 1.29 is 0 Å². The minimum atomic E-state index is -0.348. The molecular formula is C16H25N2PS2. The summed E-state index contributed by atoms with van der Waals surface area (Å²) in [5, 5.41) is 2.16. The summed E-state index contributed by atoms with van der Waals surface area (Å²) in [4.78, 5) is 2.80. The van der Waals surface area contributed by atoms with Crippen LogP contribution < -0.4 is 4.62 Å². The van der Waals surface area contributed by atoms with Gasteiger partial charge in [0.1, 0.15) is 0 Å². The van der Waals surface area contributed by atoms with Crippen LogP contribution in [0.2, 0.25) is 0 Å². The second-order valence-electron chi connectivity index (χ2n) is 4.68. The monoisotopic (exact) mass is 340 g/mol. The standard InChI is InChI=1S/C16H25N2PS2/c1-5-17(6-2)19(18(7-3)8-4)16-12-11-15(21-16)14-10-9-13-20-14/h9-13H,5-8H2,1-4H3. The number of hydrogen-bond donors (Lipinski definition) is 0. The molecule has 2 rings (SSSR count). The van der Waals surface area contributed by atoms with Crippen molar-refractivity contribution in [2.24, 2.45) is 0 Å². The molecule has 116 valence electrons. The Morgan fingerprint density at radius 3 is 1.95 bits per heavy atom. The second kappa shape index (κ2) is 8.40. The van der Waals surface area contributed by atoms with Gasteiger partial charge in [-0.1, -0.05) is 33.8 Å². The highest BCUT2D eigenvalue weighted by atomic mass is 32.1. The Morgan fingerprint density at radius 2 is 1.48 bits per heavy atom. The molecule has 0 unspecified atom stereocenters. The number of thiophene rings is 2. The van der Waals surface area contributed by atoms with E-state index < -0.39 is 0 Å². The van der Waals surface area contributed by atoms with Crippen LogP contribution in [0.5, 0.6) is 0 Å². The third-order valence-electron chi connectivity index (χ3n) is 3.55. The molecule has 0 aliphatic rings. The lowest BCUT2D eigenvalue weighted by Gasteiger charge is -2.36. The van der Waals surface area contributed by atoms with Crippen LogP contribution in [0, 0.1) is 0 Å². The lowest BCUT2D eigenvalue weighted by Crippen LogP contribution is -2.32. The number of hydrogen-bond acceptors (Lipinski definition) is 4. The van der Waals surface area contributed by atoms with Gasteiger partial charge in [0.2, 0.25) is 0 Å². The Hall–Kier alpha value is -0.250. The molecule has 0 N–H and O–H groups in total. The largest absolute Gasteiger partial charge is 0.266 e. The summed E-state index contributed by atoms with van der Waals surface area (Å²) in [6.45, 7) is 13.6. The Bertz CT molecular complexity index is 504. The first kappa shape index (κ1) is 17.1. The first-order valence-electron chi connectivity index (χ1n) is 7.68. The molecule has 0 amide bonds. The van der Waals surface area contributed by atoms with Crippen molar-refractivity contribution in [2.75, 3.05) is 26.2 Å². The van der Waals surface area contributed by atoms with Crippen LogP contribution in [-0.4, -0.2) is 35.5 Å². The molecule has 0 saturated carbocycles. The molecule has 0 fully saturated rings. The Morgan fingerprint density at radius 1 is 0.857 bits per heavy atom. The van der Waals surface area contributed by atoms with Gasteiger partial charge in [0.05, 0.1) is 12.8 Å². The van der Waals surface area contributed by atoms with E-state index >= 15 is 0 Å². The molecule has 21 heavy (non-hydrogen) atoms. The summed E-state index contributed by atoms with van der Waals surface area (Å²) in [7, 11) is -0.348. The van der Waals surface area contributed by atoms with Crippen LogP contribution in [0.25, 0.3) is 9.75 Å². The van der Waals surface area contributed by atoms with Gasteiger partial charge in [-0.25, -0.2) is 0 Å². The molecule has 2 aromatic rings. The van der Waals surface area contributed by atoms with Gasteiger partial charge in [-0.3, -0.25) is 9.34 Å². The summed E-state index contributed by atoms with van der Waals surface area (Å²) in [5.41, 5.74) is 0. The molecule has 2 nitrogen and oxygen atoms in total. The van der Waals surface area contributed by atoms with Gasteiger partial charge >= 0.3 is 0 Å². The fraction of sp³-hybridized carbons (Fsp3) is 0.500. The molecule has 0 radical (unpaired) electrons. The predicted octanol–water partition coefficient (Wildman–Crippen LogP) is 5.10. The molecule has 5 heteroatoms. The summed E-state index contributed by atoms with van der Waals surface area (Å²) < 4.78 is 6.76. The van der Waals surface area contributed by atoms with Gasteiger partial charge in [-0.15, -0.1) is 22.7 Å². The van der Waals surface area contributed by atoms with E-state index in [0.717, 1.165) is 26.2 Å². The normalized spacial score (nSPS) is 12.0. The SMILES string of the molecule is CCN(CC)P(c1ccc(-c2cccs2)s1)N(CC)CC. The molecule has 0 spiro atoms. The summed E-state index contributed by atoms with van der Waals surface area (Å²) in [6.07, 6.45) is 0. The van der Waals surface area contributed by atoms with Crippen molar-refractivity contribution in [1.29, 1.82) is 0 Å². The Labute approximate surface area is 138 Å². The fourth-order valence-corrected chi connectivity index (χ4v) is 7.52. The van der Waals surface area contributed by atoms with Crippen molar-refractivity contribution in [3.8, 4) is 9.75 Å². The van der Waals surface area contributed by atoms with Crippen LogP contribution in [0.1, 0.15) is 27.7 Å². The Balaban J connectivity index is 2.32. The fourth-order valence-electron chi connectivity index (χ4n) is 2.43. The predicted molar refractivity (Wildman–Crippen MR) is 100 cm³/mol. The lowest BCUT2D eigenvalue weighted by atomic mass is 10.4. The molecule has 2 aromatic heterocycles. The van der Waals surface area contributed by atoms with Gasteiger partial charge < -0.3 is 0 Å². The van der Waals surface area contributed by atoms with Crippen LogP contribution in [0.15, 0.2) is 29.6 Å². The first-order valence-corrected chi connectivity index (χ1v) is 10.6. The lowest BCUT2D eigenvalue weighted by molar-refractivity contribution is 0.430. The van der Waals surface area contributed by atoms with E-state index in [1.807, 2.05) is 22.7 Å². The van der Waals surface area contributed by atoms with Crippen molar-refractivity contribution in [3.63, 3.8) is 0 Å². The minimum absolute atomic E-state index is 0.348. The highest BCUT2D eigenvalue weighted by Gasteiger charge is 2.25. The van der Waals surface area contributed by atoms with Crippen molar-refractivity contribution in [2.45, 2.75) is 27.7 Å². The van der Waals surface area contributed by atoms with Gasteiger partial charge in [0, 0.05) is 35.9 Å². The van der Waals surface area contributed by atoms with E-state index in [4.69, 9.17) is 0 Å². The van der Waals surface area contributed by atoms with E-state index in [1.54, 1.807) is 0 Å². The second-order valence-corrected chi connectivity index (χ2v) is 9.21. The smallest absolute Gasteiger partial charge is 0.0829 e. The maximum atomic E-state index is 2.62. The van der Waals surface area contributed by atoms with Gasteiger partial charge in [-0.2, -0.15) is 0 Å². The number of rotatable bonds is 8. The quantitative estimate of drug-likeness (QED) is 0.617. The molecule has 2 heterocycles. The minimum Gasteiger partial charge on any atom is -0.266 e. The van der Waals surface area contributed by atoms with E-state index in [1.165, 1.54) is 14.4 Å². The number of nitrogens with zero attached hydrogens (tertiary/aromatic N) is 2. The third-order valence-corrected chi connectivity index (χ3v) is 9.01. The average molecular weight is 340 g/mol. The van der Waals surface area contributed by atoms with E-state index in [0.29, 0.717) is 0 Å². The first-order chi connectivity index (χ1) is 10.2. The van der Waals surface area contributed by atoms with Gasteiger partial charge in [-0.05, 0) is 23.6 Å². The summed E-state index contributed by atoms with van der Waals surface area (Å²) >= 11 is 3.80. The summed E-state index contributed by atoms with van der Waals surface area (Å²) in [6, 6.07) is 9.00. The highest BCUT2D eigenvalue weighted by molar-refractivity contribution is 7.68. The zero-order valence-corrected chi connectivity index (χ0v) is 15.9. The van der Waals surface area contributed by atoms with Crippen LogP contribution in [0.4, 0.5) is 0 Å². The molecule has 0 aromatic carbocycles. The van der Waals surface area contributed by atoms with E-state index in [2.05, 4.69) is 66.7 Å². The average Bonchev–Trinajstić information content (AvgIpc) is 3.18. The van der Waals surface area contributed by atoms with Gasteiger partial charge in [0.25, 0.3) is 0 Å². The third kappa shape index (κ3) is 3.94. The molecule has 0 bridgehead atoms. The highest BCUT2D eigenvalue weighted by Crippen LogP contribution is 2.46. The van der Waals surface area contributed by atoms with Gasteiger partial charge in [0.15, 0.2) is 0 Å². The van der Waals surface area contributed by atoms with Crippen molar-refractivity contribution in [3.05, 3.63) is 29.6 Å². The van der Waals surface area contributed by atoms with E-state index in [-0.39, 0.29) is 8.22 Å². The molecule has 0 aliphatic carbocycles. The Kier molecular flexibility index (Phi) is 6.84. The zero-order chi connectivity index (χ0) is 15.2. The maximum Gasteiger partial charge on any atom is 0.0829 e. The van der Waals surface area contributed by atoms with Crippen LogP contribution in [0.3, 0.4) is 0 Å². The zero-order valence-electron chi connectivity index (χ0n) is 13.4. The molecule has 0 atom stereocenters. The van der Waals surface area contributed by atoms with Crippen molar-refractivity contribution in [1.82, 2.24) is 9.34 Å². The molecular weight excluding hydrogens is 315 g/mol. The van der Waals surface area contributed by atoms with E-state index in [9.17, 15) is 0 Å². The maximum absolute atomic E-state index is 2.62. The topological polar surface area (TPSA) is 6.48 Å². The summed E-state index contributed by atoms with van der Waals surface area (Å²) in [5.74, 6) is 0. The van der Waals surface area contributed by atoms with Crippen molar-refractivity contribution >= 4 is 35.5 Å². The van der Waals surface area contributed by atoms with Crippen LogP contribution in [-0.2, 0) is 0 Å². The van der Waals surface area contributed by atoms with Crippen LogP contribution >= 0.6 is 30.9 Å².